The third kappa shape index (κ3) is 4.81. The number of benzene rings is 1. The van der Waals surface area contributed by atoms with Crippen LogP contribution in [0.3, 0.4) is 0 Å². The molecule has 2 aliphatic heterocycles. The lowest BCUT2D eigenvalue weighted by Gasteiger charge is -2.31. The number of rotatable bonds is 7. The van der Waals surface area contributed by atoms with Crippen LogP contribution in [0.5, 0.6) is 5.75 Å². The van der Waals surface area contributed by atoms with Gasteiger partial charge in [-0.1, -0.05) is 40.9 Å². The number of aliphatic hydroxyl groups is 1. The highest BCUT2D eigenvalue weighted by molar-refractivity contribution is 9.10. The summed E-state index contributed by atoms with van der Waals surface area (Å²) in [4.78, 5) is 38.5. The largest absolute Gasteiger partial charge is 0.507 e. The number of hydrogen-bond donors (Lipinski definition) is 2. The van der Waals surface area contributed by atoms with E-state index in [4.69, 9.17) is 4.74 Å². The molecule has 0 spiro atoms. The Bertz CT molecular complexity index is 1100. The first kappa shape index (κ1) is 25.6. The van der Waals surface area contributed by atoms with Gasteiger partial charge in [0.25, 0.3) is 0 Å². The Hall–Kier alpha value is -2.49. The second kappa shape index (κ2) is 10.6. The summed E-state index contributed by atoms with van der Waals surface area (Å²) in [5.74, 6) is -2.62. The van der Waals surface area contributed by atoms with Crippen molar-refractivity contribution in [3.63, 3.8) is 0 Å². The second-order valence-electron chi connectivity index (χ2n) is 9.26. The Kier molecular flexibility index (Phi) is 7.78. The van der Waals surface area contributed by atoms with E-state index < -0.39 is 29.7 Å². The first-order valence-electron chi connectivity index (χ1n) is 11.9. The minimum Gasteiger partial charge on any atom is -0.507 e. The second-order valence-corrected chi connectivity index (χ2v) is 10.2. The molecule has 0 radical (unpaired) electrons. The fourth-order valence-electron chi connectivity index (χ4n) is 5.66. The molecule has 0 unspecified atom stereocenters. The number of likely N-dealkylation sites (tertiary alicyclic amines) is 1. The molecule has 3 aliphatic rings. The number of carbonyl (C=O) groups excluding carboxylic acids is 3. The zero-order chi connectivity index (χ0) is 25.3. The lowest BCUT2D eigenvalue weighted by Crippen LogP contribution is -2.38. The quantitative estimate of drug-likeness (QED) is 0.388. The summed E-state index contributed by atoms with van der Waals surface area (Å²) < 4.78 is 11.6. The van der Waals surface area contributed by atoms with Gasteiger partial charge in [-0.05, 0) is 55.0 Å². The Morgan fingerprint density at radius 2 is 2.03 bits per heavy atom. The Balaban J connectivity index is 1.56. The lowest BCUT2D eigenvalue weighted by atomic mass is 9.69. The average molecular weight is 548 g/mol. The van der Waals surface area contributed by atoms with Crippen LogP contribution in [0, 0.1) is 17.8 Å². The summed E-state index contributed by atoms with van der Waals surface area (Å²) in [7, 11) is 1.14. The normalized spacial score (nSPS) is 26.3. The Morgan fingerprint density at radius 1 is 1.26 bits per heavy atom. The van der Waals surface area contributed by atoms with E-state index in [-0.39, 0.29) is 37.4 Å². The third-order valence-electron chi connectivity index (χ3n) is 7.20. The molecule has 9 heteroatoms. The highest BCUT2D eigenvalue weighted by atomic mass is 79.9. The van der Waals surface area contributed by atoms with Crippen molar-refractivity contribution in [2.24, 2.45) is 17.8 Å². The summed E-state index contributed by atoms with van der Waals surface area (Å²) in [6.07, 6.45) is 4.15. The van der Waals surface area contributed by atoms with Crippen molar-refractivity contribution in [2.45, 2.75) is 45.1 Å². The van der Waals surface area contributed by atoms with Crippen LogP contribution >= 0.6 is 15.9 Å². The number of aliphatic hydroxyl groups excluding tert-OH is 1. The molecule has 4 rings (SSSR count). The number of phenolic OH excluding ortho intramolecular Hbond substituents is 1. The van der Waals surface area contributed by atoms with E-state index in [1.54, 1.807) is 12.1 Å². The summed E-state index contributed by atoms with van der Waals surface area (Å²) in [6.45, 7) is 2.14. The average Bonchev–Trinajstić information content (AvgIpc) is 3.37. The topological polar surface area (TPSA) is 113 Å². The van der Waals surface area contributed by atoms with Gasteiger partial charge in [0, 0.05) is 16.0 Å². The van der Waals surface area contributed by atoms with E-state index in [0.717, 1.165) is 46.7 Å². The fraction of sp³-hybridized carbons (Fsp3) is 0.500. The van der Waals surface area contributed by atoms with Crippen LogP contribution in [0.2, 0.25) is 0 Å². The van der Waals surface area contributed by atoms with Crippen molar-refractivity contribution in [2.75, 3.05) is 20.3 Å². The molecule has 3 amide bonds. The number of nitrogens with zero attached hydrogens (tertiary/aromatic N) is 1. The summed E-state index contributed by atoms with van der Waals surface area (Å²) in [5, 5.41) is 20.3. The van der Waals surface area contributed by atoms with Crippen LogP contribution in [0.1, 0.15) is 44.6 Å². The van der Waals surface area contributed by atoms with Gasteiger partial charge in [-0.25, -0.2) is 4.79 Å². The predicted molar refractivity (Wildman–Crippen MR) is 131 cm³/mol. The zero-order valence-corrected chi connectivity index (χ0v) is 21.4. The maximum Gasteiger partial charge on any atom is 0.423 e. The maximum absolute atomic E-state index is 13.0. The molecular formula is C26H30BrNO7. The number of allylic oxidation sites excluding steroid dienone is 1. The van der Waals surface area contributed by atoms with E-state index >= 15 is 0 Å². The van der Waals surface area contributed by atoms with Gasteiger partial charge in [-0.15, -0.1) is 0 Å². The number of aromatic hydroxyl groups is 1. The Morgan fingerprint density at radius 3 is 2.71 bits per heavy atom. The van der Waals surface area contributed by atoms with E-state index in [1.807, 2.05) is 12.1 Å². The number of hydrogen-bond acceptors (Lipinski definition) is 7. The zero-order valence-electron chi connectivity index (χ0n) is 19.8. The predicted octanol–water partition coefficient (Wildman–Crippen LogP) is 4.19. The van der Waals surface area contributed by atoms with Gasteiger partial charge in [0.15, 0.2) is 0 Å². The summed E-state index contributed by atoms with van der Waals surface area (Å²) in [5.41, 5.74) is 3.51. The molecule has 1 aromatic rings. The molecular weight excluding hydrogens is 518 g/mol. The van der Waals surface area contributed by atoms with Crippen LogP contribution < -0.4 is 0 Å². The van der Waals surface area contributed by atoms with E-state index in [0.29, 0.717) is 17.7 Å². The number of ether oxygens (including phenoxy) is 2. The third-order valence-corrected chi connectivity index (χ3v) is 7.70. The van der Waals surface area contributed by atoms with Gasteiger partial charge < -0.3 is 19.7 Å². The summed E-state index contributed by atoms with van der Waals surface area (Å²) in [6, 6.07) is 5.31. The van der Waals surface area contributed by atoms with Crippen molar-refractivity contribution < 1.29 is 34.1 Å². The molecule has 4 atom stereocenters. The van der Waals surface area contributed by atoms with Crippen molar-refractivity contribution in [3.8, 4) is 5.75 Å². The molecule has 2 heterocycles. The van der Waals surface area contributed by atoms with E-state index in [2.05, 4.69) is 27.6 Å². The molecule has 1 aromatic carbocycles. The van der Waals surface area contributed by atoms with Crippen molar-refractivity contribution >= 4 is 39.9 Å². The van der Waals surface area contributed by atoms with Crippen LogP contribution in [-0.2, 0) is 19.1 Å². The number of halogens is 1. The molecule has 1 aliphatic carbocycles. The molecule has 188 valence electrons. The van der Waals surface area contributed by atoms with E-state index in [1.165, 1.54) is 0 Å². The van der Waals surface area contributed by atoms with Gasteiger partial charge in [0.2, 0.25) is 11.8 Å². The van der Waals surface area contributed by atoms with Gasteiger partial charge in [0.05, 0.1) is 38.3 Å². The van der Waals surface area contributed by atoms with Crippen LogP contribution in [0.25, 0.3) is 6.08 Å². The van der Waals surface area contributed by atoms with Crippen LogP contribution in [0.4, 0.5) is 4.79 Å². The molecule has 0 aromatic heterocycles. The Labute approximate surface area is 212 Å². The maximum atomic E-state index is 13.0. The van der Waals surface area contributed by atoms with Crippen molar-refractivity contribution in [3.05, 3.63) is 45.0 Å². The molecule has 0 saturated carbocycles. The van der Waals surface area contributed by atoms with E-state index in [9.17, 15) is 24.6 Å². The molecule has 35 heavy (non-hydrogen) atoms. The number of fused-ring (bicyclic) bond motifs is 3. The van der Waals surface area contributed by atoms with Crippen LogP contribution in [-0.4, -0.2) is 59.4 Å². The van der Waals surface area contributed by atoms with Gasteiger partial charge >= 0.3 is 6.09 Å². The van der Waals surface area contributed by atoms with Gasteiger partial charge in [-0.3, -0.25) is 9.59 Å². The van der Waals surface area contributed by atoms with Crippen LogP contribution in [0.15, 0.2) is 39.4 Å². The molecule has 2 fully saturated rings. The SMILES string of the molecule is CCC/C(=C\c1cc(Br)ccc1O)CC[C@H]1OC[C@H]2C1=C(CO)C[C@H]1C(=O)N(C(=O)OC)C(=O)[C@H]12. The number of amides is 3. The van der Waals surface area contributed by atoms with Crippen molar-refractivity contribution in [1.82, 2.24) is 4.90 Å². The first-order chi connectivity index (χ1) is 16.8. The number of methoxy groups -OCH3 is 1. The first-order valence-corrected chi connectivity index (χ1v) is 12.7. The molecule has 0 bridgehead atoms. The molecule has 8 nitrogen and oxygen atoms in total. The van der Waals surface area contributed by atoms with Gasteiger partial charge in [-0.2, -0.15) is 4.90 Å². The van der Waals surface area contributed by atoms with Gasteiger partial charge in [0.1, 0.15) is 5.75 Å². The molecule has 2 N–H and O–H groups in total. The number of phenols is 1. The molecule has 2 saturated heterocycles. The summed E-state index contributed by atoms with van der Waals surface area (Å²) >= 11 is 3.45. The number of imide groups is 3. The highest BCUT2D eigenvalue weighted by Gasteiger charge is 2.58. The minimum atomic E-state index is -0.970. The lowest BCUT2D eigenvalue weighted by molar-refractivity contribution is -0.137. The minimum absolute atomic E-state index is 0.210. The standard InChI is InChI=1S/C26H30BrNO7/c1-3-4-14(9-15-10-17(27)6-7-20(15)30)5-8-21-22-16(12-29)11-18-23(19(22)13-35-21)25(32)28(24(18)31)26(33)34-2/h6-7,9-10,18-19,21,23,29-30H,3-5,8,11-13H2,1-2H3/b14-9+/t18-,19+,21-,23-/m1/s1. The number of carbonyl (C=O) groups is 3. The fourth-order valence-corrected chi connectivity index (χ4v) is 6.04. The highest BCUT2D eigenvalue weighted by Crippen LogP contribution is 2.49. The smallest absolute Gasteiger partial charge is 0.423 e. The monoisotopic (exact) mass is 547 g/mol. The van der Waals surface area contributed by atoms with Crippen molar-refractivity contribution in [1.29, 1.82) is 0 Å².